The van der Waals surface area contributed by atoms with Crippen LogP contribution < -0.4 is 5.32 Å². The van der Waals surface area contributed by atoms with Crippen molar-refractivity contribution in [3.63, 3.8) is 0 Å². The Balaban J connectivity index is 1.75. The van der Waals surface area contributed by atoms with Crippen molar-refractivity contribution in [1.82, 2.24) is 14.5 Å². The number of aryl methyl sites for hydroxylation is 1. The molecule has 2 aromatic carbocycles. The topological polar surface area (TPSA) is 104 Å². The van der Waals surface area contributed by atoms with E-state index in [9.17, 15) is 22.8 Å². The first-order valence-electron chi connectivity index (χ1n) is 12.4. The second kappa shape index (κ2) is 11.7. The van der Waals surface area contributed by atoms with Crippen LogP contribution in [0.3, 0.4) is 0 Å². The highest BCUT2D eigenvalue weighted by Crippen LogP contribution is 2.30. The van der Waals surface area contributed by atoms with Crippen LogP contribution in [0.4, 0.5) is 0 Å². The van der Waals surface area contributed by atoms with Crippen molar-refractivity contribution in [2.45, 2.75) is 76.9 Å². The maximum atomic E-state index is 13.4. The molecule has 0 radical (unpaired) electrons. The fourth-order valence-electron chi connectivity index (χ4n) is 4.34. The maximum Gasteiger partial charge on any atom is 0.269 e. The molecule has 0 bridgehead atoms. The van der Waals surface area contributed by atoms with Gasteiger partial charge in [0.15, 0.2) is 0 Å². The van der Waals surface area contributed by atoms with E-state index in [-0.39, 0.29) is 54.2 Å². The number of hydrogen-bond donors (Lipinski definition) is 1. The van der Waals surface area contributed by atoms with Gasteiger partial charge in [-0.15, -0.1) is 0 Å². The van der Waals surface area contributed by atoms with Gasteiger partial charge in [0.2, 0.25) is 11.8 Å². The van der Waals surface area contributed by atoms with Crippen molar-refractivity contribution in [3.05, 3.63) is 65.2 Å². The molecule has 194 valence electrons. The Morgan fingerprint density at radius 2 is 1.78 bits per heavy atom. The third-order valence-electron chi connectivity index (χ3n) is 6.49. The van der Waals surface area contributed by atoms with Gasteiger partial charge in [0.05, 0.1) is 5.56 Å². The number of fused-ring (bicyclic) bond motifs is 1. The molecule has 1 N–H and O–H groups in total. The number of nitrogens with zero attached hydrogens (tertiary/aromatic N) is 2. The summed E-state index contributed by atoms with van der Waals surface area (Å²) >= 11 is 0. The summed E-state index contributed by atoms with van der Waals surface area (Å²) in [6.07, 6.45) is 1.38. The Labute approximate surface area is 213 Å². The van der Waals surface area contributed by atoms with Crippen LogP contribution in [0.25, 0.3) is 0 Å². The van der Waals surface area contributed by atoms with Crippen LogP contribution in [0.5, 0.6) is 0 Å². The second-order valence-electron chi connectivity index (χ2n) is 9.23. The first-order chi connectivity index (χ1) is 17.1. The predicted molar refractivity (Wildman–Crippen MR) is 138 cm³/mol. The van der Waals surface area contributed by atoms with Crippen LogP contribution in [0.1, 0.15) is 67.9 Å². The molecular formula is C27H35N3O5S. The minimum atomic E-state index is -3.92. The molecule has 3 amide bonds. The van der Waals surface area contributed by atoms with Gasteiger partial charge >= 0.3 is 0 Å². The molecule has 1 aliphatic rings. The van der Waals surface area contributed by atoms with Crippen LogP contribution in [-0.4, -0.2) is 54.0 Å². The summed E-state index contributed by atoms with van der Waals surface area (Å²) in [5.41, 5.74) is 2.11. The van der Waals surface area contributed by atoms with Gasteiger partial charge < -0.3 is 10.2 Å². The molecule has 0 aromatic heterocycles. The van der Waals surface area contributed by atoms with Crippen LogP contribution in [0, 0.1) is 6.92 Å². The first kappa shape index (κ1) is 27.4. The Kier molecular flexibility index (Phi) is 8.89. The number of nitrogens with one attached hydrogen (secondary N) is 1. The van der Waals surface area contributed by atoms with Crippen molar-refractivity contribution in [3.8, 4) is 0 Å². The molecular weight excluding hydrogens is 478 g/mol. The molecule has 0 fully saturated rings. The Morgan fingerprint density at radius 1 is 1.06 bits per heavy atom. The van der Waals surface area contributed by atoms with Crippen molar-refractivity contribution in [1.29, 1.82) is 0 Å². The standard InChI is InChI=1S/C27H35N3O5S/c1-5-20(4)28-26(32)23(6-2)29(18-21-12-9-11-19(3)17-21)25(31)15-10-16-30-27(33)22-13-7-8-14-24(22)36(30,34)35/h7-9,11-14,17,20,23H,5-6,10,15-16,18H2,1-4H3,(H,28,32)/t20-,23+/m1/s1. The molecule has 8 nitrogen and oxygen atoms in total. The number of hydrogen-bond acceptors (Lipinski definition) is 5. The predicted octanol–water partition coefficient (Wildman–Crippen LogP) is 3.64. The van der Waals surface area contributed by atoms with Crippen LogP contribution in [-0.2, 0) is 26.2 Å². The van der Waals surface area contributed by atoms with E-state index in [1.54, 1.807) is 17.0 Å². The molecule has 0 aliphatic carbocycles. The highest BCUT2D eigenvalue weighted by Gasteiger charge is 2.40. The zero-order chi connectivity index (χ0) is 26.5. The van der Waals surface area contributed by atoms with Crippen molar-refractivity contribution in [2.24, 2.45) is 0 Å². The quantitative estimate of drug-likeness (QED) is 0.494. The highest BCUT2D eigenvalue weighted by molar-refractivity contribution is 7.90. The molecule has 2 aromatic rings. The molecule has 0 spiro atoms. The zero-order valence-electron chi connectivity index (χ0n) is 21.4. The molecule has 9 heteroatoms. The van der Waals surface area contributed by atoms with E-state index >= 15 is 0 Å². The largest absolute Gasteiger partial charge is 0.352 e. The summed E-state index contributed by atoms with van der Waals surface area (Å²) in [6.45, 7) is 7.89. The van der Waals surface area contributed by atoms with Gasteiger partial charge in [-0.3, -0.25) is 14.4 Å². The summed E-state index contributed by atoms with van der Waals surface area (Å²) in [4.78, 5) is 40.7. The maximum absolute atomic E-state index is 13.4. The molecule has 0 saturated carbocycles. The number of amides is 3. The van der Waals surface area contributed by atoms with E-state index in [4.69, 9.17) is 0 Å². The first-order valence-corrected chi connectivity index (χ1v) is 13.9. The van der Waals surface area contributed by atoms with Crippen molar-refractivity contribution >= 4 is 27.7 Å². The second-order valence-corrected chi connectivity index (χ2v) is 11.1. The smallest absolute Gasteiger partial charge is 0.269 e. The molecule has 1 heterocycles. The third kappa shape index (κ3) is 5.95. The average Bonchev–Trinajstić information content (AvgIpc) is 3.04. The lowest BCUT2D eigenvalue weighted by Crippen LogP contribution is -2.50. The molecule has 3 rings (SSSR count). The molecule has 0 saturated heterocycles. The lowest BCUT2D eigenvalue weighted by Gasteiger charge is -2.31. The summed E-state index contributed by atoms with van der Waals surface area (Å²) in [6, 6.07) is 13.2. The zero-order valence-corrected chi connectivity index (χ0v) is 22.2. The fourth-order valence-corrected chi connectivity index (χ4v) is 5.94. The summed E-state index contributed by atoms with van der Waals surface area (Å²) in [7, 11) is -3.92. The third-order valence-corrected chi connectivity index (χ3v) is 8.33. The number of carbonyl (C=O) groups is 3. The number of benzene rings is 2. The van der Waals surface area contributed by atoms with Gasteiger partial charge in [0, 0.05) is 25.6 Å². The molecule has 0 unspecified atom stereocenters. The van der Waals surface area contributed by atoms with Crippen molar-refractivity contribution in [2.75, 3.05) is 6.54 Å². The van der Waals surface area contributed by atoms with Gasteiger partial charge in [-0.1, -0.05) is 55.8 Å². The average molecular weight is 514 g/mol. The van der Waals surface area contributed by atoms with E-state index in [2.05, 4.69) is 5.32 Å². The van der Waals surface area contributed by atoms with Crippen LogP contribution >= 0.6 is 0 Å². The minimum absolute atomic E-state index is 0.00448. The van der Waals surface area contributed by atoms with E-state index in [1.165, 1.54) is 12.1 Å². The normalized spacial score (nSPS) is 15.8. The lowest BCUT2D eigenvalue weighted by molar-refractivity contribution is -0.141. The molecule has 36 heavy (non-hydrogen) atoms. The van der Waals surface area contributed by atoms with Gasteiger partial charge in [-0.25, -0.2) is 12.7 Å². The Morgan fingerprint density at radius 3 is 2.42 bits per heavy atom. The number of sulfonamides is 1. The van der Waals surface area contributed by atoms with E-state index in [1.807, 2.05) is 52.0 Å². The highest BCUT2D eigenvalue weighted by atomic mass is 32.2. The fraction of sp³-hybridized carbons (Fsp3) is 0.444. The van der Waals surface area contributed by atoms with E-state index < -0.39 is 22.0 Å². The monoisotopic (exact) mass is 513 g/mol. The Bertz CT molecular complexity index is 1230. The summed E-state index contributed by atoms with van der Waals surface area (Å²) in [5.74, 6) is -1.04. The molecule has 2 atom stereocenters. The van der Waals surface area contributed by atoms with Gasteiger partial charge in [0.25, 0.3) is 15.9 Å². The van der Waals surface area contributed by atoms with Crippen LogP contribution in [0.2, 0.25) is 0 Å². The summed E-state index contributed by atoms with van der Waals surface area (Å²) in [5, 5.41) is 2.98. The lowest BCUT2D eigenvalue weighted by atomic mass is 10.1. The number of carbonyl (C=O) groups excluding carboxylic acids is 3. The SMILES string of the molecule is CC[C@@H](C)NC(=O)[C@H](CC)N(Cc1cccc(C)c1)C(=O)CCCN1C(=O)c2ccccc2S1(=O)=O. The van der Waals surface area contributed by atoms with Crippen LogP contribution in [0.15, 0.2) is 53.4 Å². The van der Waals surface area contributed by atoms with Crippen molar-refractivity contribution < 1.29 is 22.8 Å². The molecule has 1 aliphatic heterocycles. The minimum Gasteiger partial charge on any atom is -0.352 e. The van der Waals surface area contributed by atoms with Gasteiger partial charge in [-0.2, -0.15) is 0 Å². The summed E-state index contributed by atoms with van der Waals surface area (Å²) < 4.78 is 26.5. The van der Waals surface area contributed by atoms with Gasteiger partial charge in [0.1, 0.15) is 10.9 Å². The van der Waals surface area contributed by atoms with E-state index in [0.29, 0.717) is 6.42 Å². The van der Waals surface area contributed by atoms with Gasteiger partial charge in [-0.05, 0) is 50.8 Å². The Hall–Kier alpha value is -3.20. The number of rotatable bonds is 11. The van der Waals surface area contributed by atoms with E-state index in [0.717, 1.165) is 21.9 Å².